The molecule has 2 fully saturated rings. The maximum absolute atomic E-state index is 3.56. The summed E-state index contributed by atoms with van der Waals surface area (Å²) in [7, 11) is 0. The van der Waals surface area contributed by atoms with Crippen molar-refractivity contribution in [1.82, 2.24) is 10.2 Å². The lowest BCUT2D eigenvalue weighted by atomic mass is 10.2. The third-order valence-electron chi connectivity index (χ3n) is 3.09. The molecule has 1 aliphatic heterocycles. The summed E-state index contributed by atoms with van der Waals surface area (Å²) in [6.07, 6.45) is 5.66. The molecule has 1 atom stereocenters. The van der Waals surface area contributed by atoms with Gasteiger partial charge >= 0.3 is 0 Å². The van der Waals surface area contributed by atoms with Crippen molar-refractivity contribution in [3.63, 3.8) is 0 Å². The summed E-state index contributed by atoms with van der Waals surface area (Å²) in [5.41, 5.74) is 0. The van der Waals surface area contributed by atoms with Gasteiger partial charge in [-0.3, -0.25) is 4.90 Å². The largest absolute Gasteiger partial charge is 0.313 e. The second-order valence-electron chi connectivity index (χ2n) is 4.11. The van der Waals surface area contributed by atoms with Gasteiger partial charge in [0.2, 0.25) is 0 Å². The van der Waals surface area contributed by atoms with Gasteiger partial charge in [-0.05, 0) is 38.8 Å². The van der Waals surface area contributed by atoms with Crippen LogP contribution in [0.25, 0.3) is 0 Å². The van der Waals surface area contributed by atoms with Gasteiger partial charge in [-0.2, -0.15) is 0 Å². The van der Waals surface area contributed by atoms with E-state index < -0.39 is 0 Å². The SMILES string of the molecule is CCN(CC1CCCN1)C1CC1. The fraction of sp³-hybridized carbons (Fsp3) is 1.00. The summed E-state index contributed by atoms with van der Waals surface area (Å²) in [6, 6.07) is 1.74. The van der Waals surface area contributed by atoms with Crippen LogP contribution in [0.3, 0.4) is 0 Å². The van der Waals surface area contributed by atoms with Crippen LogP contribution in [0.4, 0.5) is 0 Å². The number of nitrogens with one attached hydrogen (secondary N) is 1. The van der Waals surface area contributed by atoms with Gasteiger partial charge in [0.05, 0.1) is 0 Å². The van der Waals surface area contributed by atoms with Gasteiger partial charge < -0.3 is 5.32 Å². The Labute approximate surface area is 75.3 Å². The molecule has 2 aliphatic rings. The molecule has 1 saturated heterocycles. The van der Waals surface area contributed by atoms with Crippen LogP contribution in [0.15, 0.2) is 0 Å². The molecule has 2 heteroatoms. The molecule has 1 aliphatic carbocycles. The van der Waals surface area contributed by atoms with Crippen molar-refractivity contribution in [2.45, 2.75) is 44.7 Å². The van der Waals surface area contributed by atoms with Gasteiger partial charge in [-0.15, -0.1) is 0 Å². The first-order valence-electron chi connectivity index (χ1n) is 5.37. The Morgan fingerprint density at radius 3 is 2.67 bits per heavy atom. The molecule has 0 amide bonds. The Kier molecular flexibility index (Phi) is 2.66. The van der Waals surface area contributed by atoms with E-state index in [0.717, 1.165) is 12.1 Å². The topological polar surface area (TPSA) is 15.3 Å². The van der Waals surface area contributed by atoms with Gasteiger partial charge in [0, 0.05) is 18.6 Å². The molecule has 0 aromatic rings. The molecule has 2 rings (SSSR count). The van der Waals surface area contributed by atoms with Gasteiger partial charge in [0.15, 0.2) is 0 Å². The molecule has 0 spiro atoms. The molecule has 2 nitrogen and oxygen atoms in total. The van der Waals surface area contributed by atoms with E-state index in [0.29, 0.717) is 0 Å². The van der Waals surface area contributed by atoms with E-state index in [1.165, 1.54) is 45.3 Å². The highest BCUT2D eigenvalue weighted by Gasteiger charge is 2.29. The average Bonchev–Trinajstić information content (AvgIpc) is 2.80. The fourth-order valence-corrected chi connectivity index (χ4v) is 2.17. The van der Waals surface area contributed by atoms with Crippen LogP contribution >= 0.6 is 0 Å². The minimum Gasteiger partial charge on any atom is -0.313 e. The van der Waals surface area contributed by atoms with Crippen LogP contribution < -0.4 is 5.32 Å². The van der Waals surface area contributed by atoms with Crippen LogP contribution in [0.1, 0.15) is 32.6 Å². The zero-order valence-corrected chi connectivity index (χ0v) is 8.05. The zero-order chi connectivity index (χ0) is 8.39. The first kappa shape index (κ1) is 8.52. The second-order valence-corrected chi connectivity index (χ2v) is 4.11. The smallest absolute Gasteiger partial charge is 0.0195 e. The van der Waals surface area contributed by atoms with Crippen molar-refractivity contribution < 1.29 is 0 Å². The Morgan fingerprint density at radius 1 is 1.33 bits per heavy atom. The van der Waals surface area contributed by atoms with E-state index in [9.17, 15) is 0 Å². The maximum Gasteiger partial charge on any atom is 0.0195 e. The highest BCUT2D eigenvalue weighted by molar-refractivity contribution is 4.87. The summed E-state index contributed by atoms with van der Waals surface area (Å²) < 4.78 is 0. The number of nitrogens with zero attached hydrogens (tertiary/aromatic N) is 1. The van der Waals surface area contributed by atoms with Gasteiger partial charge in [-0.1, -0.05) is 6.92 Å². The van der Waals surface area contributed by atoms with Crippen LogP contribution in [-0.4, -0.2) is 36.6 Å². The summed E-state index contributed by atoms with van der Waals surface area (Å²) in [5.74, 6) is 0. The molecule has 1 N–H and O–H groups in total. The lowest BCUT2D eigenvalue weighted by molar-refractivity contribution is 0.252. The average molecular weight is 168 g/mol. The van der Waals surface area contributed by atoms with Crippen molar-refractivity contribution >= 4 is 0 Å². The molecule has 12 heavy (non-hydrogen) atoms. The molecule has 70 valence electrons. The number of likely N-dealkylation sites (N-methyl/N-ethyl adjacent to an activating group) is 1. The predicted octanol–water partition coefficient (Wildman–Crippen LogP) is 1.22. The maximum atomic E-state index is 3.56. The third kappa shape index (κ3) is 1.99. The summed E-state index contributed by atoms with van der Waals surface area (Å²) in [5, 5.41) is 3.56. The summed E-state index contributed by atoms with van der Waals surface area (Å²) in [4.78, 5) is 2.64. The fourth-order valence-electron chi connectivity index (χ4n) is 2.17. The highest BCUT2D eigenvalue weighted by atomic mass is 15.2. The molecule has 1 unspecified atom stereocenters. The minimum atomic E-state index is 0.797. The molecule has 0 bridgehead atoms. The minimum absolute atomic E-state index is 0.797. The van der Waals surface area contributed by atoms with E-state index in [2.05, 4.69) is 17.1 Å². The van der Waals surface area contributed by atoms with E-state index >= 15 is 0 Å². The van der Waals surface area contributed by atoms with Gasteiger partial charge in [-0.25, -0.2) is 0 Å². The Hall–Kier alpha value is -0.0800. The highest BCUT2D eigenvalue weighted by Crippen LogP contribution is 2.27. The molecular formula is C10H20N2. The van der Waals surface area contributed by atoms with E-state index in [4.69, 9.17) is 0 Å². The molecule has 0 aromatic heterocycles. The first-order chi connectivity index (χ1) is 5.90. The third-order valence-corrected chi connectivity index (χ3v) is 3.09. The van der Waals surface area contributed by atoms with Crippen molar-refractivity contribution in [1.29, 1.82) is 0 Å². The number of rotatable bonds is 4. The Bertz CT molecular complexity index is 137. The summed E-state index contributed by atoms with van der Waals surface area (Å²) >= 11 is 0. The quantitative estimate of drug-likeness (QED) is 0.679. The standard InChI is InChI=1S/C10H20N2/c1-2-12(10-5-6-10)8-9-4-3-7-11-9/h9-11H,2-8H2,1H3. The number of hydrogen-bond donors (Lipinski definition) is 1. The second kappa shape index (κ2) is 3.75. The molecule has 0 aromatic carbocycles. The lowest BCUT2D eigenvalue weighted by Gasteiger charge is -2.23. The molecule has 0 radical (unpaired) electrons. The number of hydrogen-bond acceptors (Lipinski definition) is 2. The Morgan fingerprint density at radius 2 is 2.17 bits per heavy atom. The van der Waals surface area contributed by atoms with Crippen molar-refractivity contribution in [2.75, 3.05) is 19.6 Å². The van der Waals surface area contributed by atoms with Crippen molar-refractivity contribution in [2.24, 2.45) is 0 Å². The van der Waals surface area contributed by atoms with E-state index in [1.807, 2.05) is 0 Å². The molecular weight excluding hydrogens is 148 g/mol. The van der Waals surface area contributed by atoms with Gasteiger partial charge in [0.1, 0.15) is 0 Å². The zero-order valence-electron chi connectivity index (χ0n) is 8.05. The van der Waals surface area contributed by atoms with Crippen LogP contribution in [0.2, 0.25) is 0 Å². The van der Waals surface area contributed by atoms with Crippen LogP contribution in [-0.2, 0) is 0 Å². The summed E-state index contributed by atoms with van der Waals surface area (Å²) in [6.45, 7) is 6.06. The van der Waals surface area contributed by atoms with Gasteiger partial charge in [0.25, 0.3) is 0 Å². The lowest BCUT2D eigenvalue weighted by Crippen LogP contribution is -2.38. The van der Waals surface area contributed by atoms with Crippen molar-refractivity contribution in [3.8, 4) is 0 Å². The van der Waals surface area contributed by atoms with Crippen molar-refractivity contribution in [3.05, 3.63) is 0 Å². The Balaban J connectivity index is 1.74. The van der Waals surface area contributed by atoms with Crippen LogP contribution in [0.5, 0.6) is 0 Å². The van der Waals surface area contributed by atoms with Crippen LogP contribution in [0, 0.1) is 0 Å². The van der Waals surface area contributed by atoms with E-state index in [1.54, 1.807) is 0 Å². The monoisotopic (exact) mass is 168 g/mol. The first-order valence-corrected chi connectivity index (χ1v) is 5.37. The normalized spacial score (nSPS) is 30.0. The molecule has 1 saturated carbocycles. The predicted molar refractivity (Wildman–Crippen MR) is 51.3 cm³/mol. The molecule has 1 heterocycles. The van der Waals surface area contributed by atoms with E-state index in [-0.39, 0.29) is 0 Å².